The minimum Gasteiger partial charge on any atom is -0.398 e. The third-order valence-electron chi connectivity index (χ3n) is 2.95. The number of anilines is 2. The monoisotopic (exact) mass is 304 g/mol. The number of amides is 1. The molecule has 2 aromatic rings. The van der Waals surface area contributed by atoms with Gasteiger partial charge in [0.25, 0.3) is 0 Å². The van der Waals surface area contributed by atoms with Gasteiger partial charge in [0.2, 0.25) is 5.91 Å². The lowest BCUT2D eigenvalue weighted by Gasteiger charge is -2.08. The second kappa shape index (κ2) is 5.97. The van der Waals surface area contributed by atoms with E-state index in [4.69, 9.17) is 5.73 Å². The highest BCUT2D eigenvalue weighted by atomic mass is 32.2. The molecule has 21 heavy (non-hydrogen) atoms. The number of para-hydroxylation sites is 1. The summed E-state index contributed by atoms with van der Waals surface area (Å²) in [6, 6.07) is 13.3. The van der Waals surface area contributed by atoms with Crippen molar-refractivity contribution in [3.8, 4) is 0 Å². The number of hydrogen-bond acceptors (Lipinski definition) is 4. The molecule has 110 valence electrons. The Morgan fingerprint density at radius 3 is 2.52 bits per heavy atom. The van der Waals surface area contributed by atoms with Crippen LogP contribution in [0.25, 0.3) is 0 Å². The number of rotatable bonds is 4. The molecule has 1 amide bonds. The van der Waals surface area contributed by atoms with Crippen molar-refractivity contribution in [1.29, 1.82) is 0 Å². The molecule has 3 N–H and O–H groups in total. The number of carbonyl (C=O) groups excluding carboxylic acids is 1. The van der Waals surface area contributed by atoms with Crippen LogP contribution in [0.5, 0.6) is 0 Å². The summed E-state index contributed by atoms with van der Waals surface area (Å²) in [5.74, 6) is -0.251. The molecular weight excluding hydrogens is 288 g/mol. The quantitative estimate of drug-likeness (QED) is 0.844. The van der Waals surface area contributed by atoms with Crippen LogP contribution in [0.15, 0.2) is 53.4 Å². The molecule has 0 aliphatic heterocycles. The summed E-state index contributed by atoms with van der Waals surface area (Å²) in [5, 5.41) is 2.67. The molecule has 0 aliphatic rings. The predicted molar refractivity (Wildman–Crippen MR) is 82.7 cm³/mol. The van der Waals surface area contributed by atoms with Crippen LogP contribution >= 0.6 is 0 Å². The van der Waals surface area contributed by atoms with E-state index in [0.717, 1.165) is 11.8 Å². The van der Waals surface area contributed by atoms with Crippen LogP contribution in [0.2, 0.25) is 0 Å². The average Bonchev–Trinajstić information content (AvgIpc) is 2.41. The van der Waals surface area contributed by atoms with Crippen LogP contribution in [0.4, 0.5) is 11.4 Å². The topological polar surface area (TPSA) is 89.3 Å². The highest BCUT2D eigenvalue weighted by Gasteiger charge is 2.10. The summed E-state index contributed by atoms with van der Waals surface area (Å²) in [4.78, 5) is 12.1. The van der Waals surface area contributed by atoms with Crippen LogP contribution in [-0.2, 0) is 21.1 Å². The van der Waals surface area contributed by atoms with Gasteiger partial charge in [-0.05, 0) is 29.8 Å². The first-order valence-electron chi connectivity index (χ1n) is 6.29. The smallest absolute Gasteiger partial charge is 0.228 e. The Hall–Kier alpha value is -2.34. The van der Waals surface area contributed by atoms with Crippen molar-refractivity contribution in [1.82, 2.24) is 0 Å². The maximum Gasteiger partial charge on any atom is 0.228 e. The zero-order valence-electron chi connectivity index (χ0n) is 11.5. The van der Waals surface area contributed by atoms with E-state index < -0.39 is 9.84 Å². The third kappa shape index (κ3) is 4.06. The van der Waals surface area contributed by atoms with Gasteiger partial charge in [-0.25, -0.2) is 8.42 Å². The van der Waals surface area contributed by atoms with E-state index in [-0.39, 0.29) is 17.2 Å². The SMILES string of the molecule is CS(=O)(=O)c1cccc(NC(=O)Cc2ccccc2N)c1. The molecule has 0 radical (unpaired) electrons. The van der Waals surface area contributed by atoms with Crippen molar-refractivity contribution in [3.05, 3.63) is 54.1 Å². The first-order chi connectivity index (χ1) is 9.86. The van der Waals surface area contributed by atoms with Gasteiger partial charge < -0.3 is 11.1 Å². The average molecular weight is 304 g/mol. The number of hydrogen-bond donors (Lipinski definition) is 2. The molecule has 2 rings (SSSR count). The second-order valence-electron chi connectivity index (χ2n) is 4.72. The normalized spacial score (nSPS) is 11.1. The van der Waals surface area contributed by atoms with Crippen molar-refractivity contribution >= 4 is 27.1 Å². The predicted octanol–water partition coefficient (Wildman–Crippen LogP) is 1.85. The Kier molecular flexibility index (Phi) is 4.28. The highest BCUT2D eigenvalue weighted by molar-refractivity contribution is 7.90. The highest BCUT2D eigenvalue weighted by Crippen LogP contribution is 2.16. The third-order valence-corrected chi connectivity index (χ3v) is 4.06. The molecule has 0 bridgehead atoms. The molecule has 0 saturated carbocycles. The molecule has 5 nitrogen and oxygen atoms in total. The van der Waals surface area contributed by atoms with Gasteiger partial charge in [-0.2, -0.15) is 0 Å². The number of nitrogens with one attached hydrogen (secondary N) is 1. The maximum absolute atomic E-state index is 12.0. The zero-order chi connectivity index (χ0) is 15.5. The van der Waals surface area contributed by atoms with E-state index in [1.165, 1.54) is 12.1 Å². The van der Waals surface area contributed by atoms with Crippen LogP contribution in [0.3, 0.4) is 0 Å². The molecule has 0 aromatic heterocycles. The number of carbonyl (C=O) groups is 1. The van der Waals surface area contributed by atoms with E-state index in [9.17, 15) is 13.2 Å². The number of sulfone groups is 1. The molecule has 0 fully saturated rings. The summed E-state index contributed by atoms with van der Waals surface area (Å²) >= 11 is 0. The van der Waals surface area contributed by atoms with Gasteiger partial charge in [0.05, 0.1) is 11.3 Å². The van der Waals surface area contributed by atoms with Gasteiger partial charge in [0.1, 0.15) is 0 Å². The van der Waals surface area contributed by atoms with E-state index in [2.05, 4.69) is 5.32 Å². The van der Waals surface area contributed by atoms with Crippen molar-refractivity contribution in [2.24, 2.45) is 0 Å². The minimum atomic E-state index is -3.30. The van der Waals surface area contributed by atoms with Gasteiger partial charge in [0, 0.05) is 17.6 Å². The van der Waals surface area contributed by atoms with Gasteiger partial charge in [-0.3, -0.25) is 4.79 Å². The zero-order valence-corrected chi connectivity index (χ0v) is 12.4. The van der Waals surface area contributed by atoms with Gasteiger partial charge in [-0.15, -0.1) is 0 Å². The molecule has 6 heteroatoms. The summed E-state index contributed by atoms with van der Waals surface area (Å²) in [7, 11) is -3.30. The molecule has 0 spiro atoms. The Labute approximate surface area is 123 Å². The van der Waals surface area contributed by atoms with Crippen LogP contribution in [0, 0.1) is 0 Å². The fraction of sp³-hybridized carbons (Fsp3) is 0.133. The van der Waals surface area contributed by atoms with Gasteiger partial charge >= 0.3 is 0 Å². The van der Waals surface area contributed by atoms with Crippen molar-refractivity contribution in [3.63, 3.8) is 0 Å². The Bertz CT molecular complexity index is 770. The lowest BCUT2D eigenvalue weighted by molar-refractivity contribution is -0.115. The Morgan fingerprint density at radius 2 is 1.86 bits per heavy atom. The summed E-state index contributed by atoms with van der Waals surface area (Å²) in [6.45, 7) is 0. The number of nitrogen functional groups attached to an aromatic ring is 1. The number of nitrogens with two attached hydrogens (primary N) is 1. The lowest BCUT2D eigenvalue weighted by atomic mass is 10.1. The molecular formula is C15H16N2O3S. The van der Waals surface area contributed by atoms with Crippen LogP contribution in [-0.4, -0.2) is 20.6 Å². The van der Waals surface area contributed by atoms with Crippen molar-refractivity contribution in [2.45, 2.75) is 11.3 Å². The Morgan fingerprint density at radius 1 is 1.14 bits per heavy atom. The van der Waals surface area contributed by atoms with E-state index in [1.807, 2.05) is 6.07 Å². The molecule has 0 saturated heterocycles. The Balaban J connectivity index is 2.12. The van der Waals surface area contributed by atoms with Crippen molar-refractivity contribution < 1.29 is 13.2 Å². The van der Waals surface area contributed by atoms with Crippen LogP contribution in [0.1, 0.15) is 5.56 Å². The summed E-state index contributed by atoms with van der Waals surface area (Å²) < 4.78 is 23.0. The first-order valence-corrected chi connectivity index (χ1v) is 8.19. The standard InChI is InChI=1S/C15H16N2O3S/c1-21(19,20)13-7-4-6-12(10-13)17-15(18)9-11-5-2-3-8-14(11)16/h2-8,10H,9,16H2,1H3,(H,17,18). The second-order valence-corrected chi connectivity index (χ2v) is 6.74. The summed E-state index contributed by atoms with van der Waals surface area (Å²) in [6.07, 6.45) is 1.26. The first kappa shape index (κ1) is 15.1. The largest absolute Gasteiger partial charge is 0.398 e. The maximum atomic E-state index is 12.0. The van der Waals surface area contributed by atoms with Gasteiger partial charge in [0.15, 0.2) is 9.84 Å². The molecule has 0 heterocycles. The van der Waals surface area contributed by atoms with E-state index in [0.29, 0.717) is 11.4 Å². The molecule has 0 aliphatic carbocycles. The fourth-order valence-corrected chi connectivity index (χ4v) is 2.54. The van der Waals surface area contributed by atoms with Crippen molar-refractivity contribution in [2.75, 3.05) is 17.3 Å². The summed E-state index contributed by atoms with van der Waals surface area (Å²) in [5.41, 5.74) is 7.51. The molecule has 0 unspecified atom stereocenters. The minimum absolute atomic E-state index is 0.135. The van der Waals surface area contributed by atoms with E-state index in [1.54, 1.807) is 30.3 Å². The van der Waals surface area contributed by atoms with Gasteiger partial charge in [-0.1, -0.05) is 24.3 Å². The van der Waals surface area contributed by atoms with Crippen LogP contribution < -0.4 is 11.1 Å². The molecule has 0 atom stereocenters. The van der Waals surface area contributed by atoms with E-state index >= 15 is 0 Å². The molecule has 2 aromatic carbocycles. The number of benzene rings is 2. The lowest BCUT2D eigenvalue weighted by Crippen LogP contribution is -2.15. The fourth-order valence-electron chi connectivity index (χ4n) is 1.88.